The lowest BCUT2D eigenvalue weighted by Crippen LogP contribution is -2.29. The molecule has 0 bridgehead atoms. The van der Waals surface area contributed by atoms with Gasteiger partial charge in [0.2, 0.25) is 0 Å². The summed E-state index contributed by atoms with van der Waals surface area (Å²) in [5.41, 5.74) is 1.40. The van der Waals surface area contributed by atoms with E-state index in [4.69, 9.17) is 4.74 Å². The molecule has 0 aliphatic carbocycles. The highest BCUT2D eigenvalue weighted by Crippen LogP contribution is 2.22. The summed E-state index contributed by atoms with van der Waals surface area (Å²) in [5, 5.41) is 9.61. The van der Waals surface area contributed by atoms with Crippen LogP contribution in [0, 0.1) is 5.92 Å². The van der Waals surface area contributed by atoms with Crippen molar-refractivity contribution in [2.45, 2.75) is 6.42 Å². The van der Waals surface area contributed by atoms with E-state index in [9.17, 15) is 4.79 Å². The Kier molecular flexibility index (Phi) is 3.79. The first kappa shape index (κ1) is 13.3. The van der Waals surface area contributed by atoms with Crippen LogP contribution in [0.3, 0.4) is 0 Å². The van der Waals surface area contributed by atoms with E-state index in [1.54, 1.807) is 16.3 Å². The predicted octanol–water partition coefficient (Wildman–Crippen LogP) is 1.31. The number of rotatable bonds is 4. The molecule has 1 N–H and O–H groups in total. The molecule has 1 atom stereocenters. The number of carbonyl (C=O) groups excluding carboxylic acids is 1. The van der Waals surface area contributed by atoms with Crippen molar-refractivity contribution in [3.8, 4) is 10.6 Å². The molecule has 106 valence electrons. The maximum absolute atomic E-state index is 12.0. The van der Waals surface area contributed by atoms with Gasteiger partial charge in [0.15, 0.2) is 0 Å². The Hall–Kier alpha value is -1.73. The van der Waals surface area contributed by atoms with Gasteiger partial charge in [-0.1, -0.05) is 0 Å². The molecule has 3 rings (SSSR count). The number of aryl methyl sites for hydroxylation is 1. The maximum atomic E-state index is 12.0. The Balaban J connectivity index is 1.62. The molecule has 1 aliphatic heterocycles. The minimum atomic E-state index is -0.122. The first-order valence-corrected chi connectivity index (χ1v) is 7.41. The molecule has 0 saturated carbocycles. The highest BCUT2D eigenvalue weighted by Gasteiger charge is 2.18. The number of nitrogens with one attached hydrogen (secondary N) is 1. The lowest BCUT2D eigenvalue weighted by Gasteiger charge is -2.07. The summed E-state index contributed by atoms with van der Waals surface area (Å²) in [6.45, 7) is 2.18. The molecule has 0 unspecified atom stereocenters. The number of hydrogen-bond acceptors (Lipinski definition) is 5. The van der Waals surface area contributed by atoms with Crippen molar-refractivity contribution in [1.29, 1.82) is 0 Å². The number of amides is 1. The van der Waals surface area contributed by atoms with E-state index in [1.165, 1.54) is 11.3 Å². The zero-order valence-electron chi connectivity index (χ0n) is 11.2. The Morgan fingerprint density at radius 1 is 1.65 bits per heavy atom. The molecule has 7 heteroatoms. The third kappa shape index (κ3) is 2.88. The van der Waals surface area contributed by atoms with E-state index in [-0.39, 0.29) is 5.91 Å². The van der Waals surface area contributed by atoms with E-state index in [0.717, 1.165) is 30.2 Å². The van der Waals surface area contributed by atoms with Gasteiger partial charge < -0.3 is 10.1 Å². The molecule has 1 fully saturated rings. The molecule has 1 aliphatic rings. The Morgan fingerprint density at radius 3 is 3.25 bits per heavy atom. The quantitative estimate of drug-likeness (QED) is 0.922. The summed E-state index contributed by atoms with van der Waals surface area (Å²) >= 11 is 1.45. The average Bonchev–Trinajstić information content (AvgIpc) is 3.16. The first-order valence-electron chi connectivity index (χ1n) is 6.53. The summed E-state index contributed by atoms with van der Waals surface area (Å²) in [6, 6.07) is 0. The van der Waals surface area contributed by atoms with E-state index in [1.807, 2.05) is 13.2 Å². The highest BCUT2D eigenvalue weighted by atomic mass is 32.1. The SMILES string of the molecule is Cn1cc(-c2nc(C(=O)NC[C@@H]3CCOC3)cs2)cn1. The van der Waals surface area contributed by atoms with Gasteiger partial charge in [0.05, 0.1) is 12.8 Å². The van der Waals surface area contributed by atoms with Crippen molar-refractivity contribution in [1.82, 2.24) is 20.1 Å². The van der Waals surface area contributed by atoms with Crippen LogP contribution in [0.1, 0.15) is 16.9 Å². The fraction of sp³-hybridized carbons (Fsp3) is 0.462. The molecule has 2 aromatic heterocycles. The third-order valence-electron chi connectivity index (χ3n) is 3.26. The topological polar surface area (TPSA) is 69.0 Å². The van der Waals surface area contributed by atoms with Crippen LogP contribution in [0.15, 0.2) is 17.8 Å². The number of aromatic nitrogens is 3. The first-order chi connectivity index (χ1) is 9.72. The molecule has 1 amide bonds. The van der Waals surface area contributed by atoms with Crippen molar-refractivity contribution >= 4 is 17.2 Å². The predicted molar refractivity (Wildman–Crippen MR) is 75.6 cm³/mol. The number of nitrogens with zero attached hydrogens (tertiary/aromatic N) is 3. The second-order valence-corrected chi connectivity index (χ2v) is 5.74. The van der Waals surface area contributed by atoms with Crippen LogP contribution < -0.4 is 5.32 Å². The molecule has 0 aromatic carbocycles. The second kappa shape index (κ2) is 5.72. The van der Waals surface area contributed by atoms with E-state index >= 15 is 0 Å². The van der Waals surface area contributed by atoms with Gasteiger partial charge >= 0.3 is 0 Å². The molecular weight excluding hydrogens is 276 g/mol. The van der Waals surface area contributed by atoms with Gasteiger partial charge in [0.25, 0.3) is 5.91 Å². The monoisotopic (exact) mass is 292 g/mol. The second-order valence-electron chi connectivity index (χ2n) is 4.88. The molecule has 20 heavy (non-hydrogen) atoms. The van der Waals surface area contributed by atoms with E-state index < -0.39 is 0 Å². The summed E-state index contributed by atoms with van der Waals surface area (Å²) in [5.74, 6) is 0.304. The third-order valence-corrected chi connectivity index (χ3v) is 4.16. The van der Waals surface area contributed by atoms with Gasteiger partial charge in [-0.25, -0.2) is 4.98 Å². The standard InChI is InChI=1S/C13H16N4O2S/c1-17-6-10(5-15-17)13-16-11(8-20-13)12(18)14-4-9-2-3-19-7-9/h5-6,8-9H,2-4,7H2,1H3,(H,14,18)/t9-/m0/s1. The number of ether oxygens (including phenoxy) is 1. The summed E-state index contributed by atoms with van der Waals surface area (Å²) < 4.78 is 7.00. The molecule has 0 radical (unpaired) electrons. The Bertz CT molecular complexity index is 601. The minimum Gasteiger partial charge on any atom is -0.381 e. The molecule has 2 aromatic rings. The minimum absolute atomic E-state index is 0.122. The van der Waals surface area contributed by atoms with Crippen LogP contribution in [0.2, 0.25) is 0 Å². The van der Waals surface area contributed by atoms with Gasteiger partial charge in [0.1, 0.15) is 10.7 Å². The normalized spacial score (nSPS) is 18.4. The highest BCUT2D eigenvalue weighted by molar-refractivity contribution is 7.13. The summed E-state index contributed by atoms with van der Waals surface area (Å²) in [7, 11) is 1.86. The van der Waals surface area contributed by atoms with Gasteiger partial charge in [-0.05, 0) is 6.42 Å². The van der Waals surface area contributed by atoms with Crippen molar-refractivity contribution in [3.63, 3.8) is 0 Å². The number of hydrogen-bond donors (Lipinski definition) is 1. The summed E-state index contributed by atoms with van der Waals surface area (Å²) in [4.78, 5) is 16.4. The van der Waals surface area contributed by atoms with Crippen molar-refractivity contribution in [3.05, 3.63) is 23.5 Å². The van der Waals surface area contributed by atoms with Gasteiger partial charge in [-0.3, -0.25) is 9.48 Å². The van der Waals surface area contributed by atoms with Crippen molar-refractivity contribution in [2.75, 3.05) is 19.8 Å². The summed E-state index contributed by atoms with van der Waals surface area (Å²) in [6.07, 6.45) is 4.64. The maximum Gasteiger partial charge on any atom is 0.270 e. The van der Waals surface area contributed by atoms with Gasteiger partial charge in [-0.2, -0.15) is 5.10 Å². The lowest BCUT2D eigenvalue weighted by molar-refractivity contribution is 0.0941. The smallest absolute Gasteiger partial charge is 0.270 e. The fourth-order valence-corrected chi connectivity index (χ4v) is 2.89. The van der Waals surface area contributed by atoms with Crippen LogP contribution in [-0.4, -0.2) is 40.4 Å². The van der Waals surface area contributed by atoms with Crippen molar-refractivity contribution in [2.24, 2.45) is 13.0 Å². The van der Waals surface area contributed by atoms with E-state index in [2.05, 4.69) is 15.4 Å². The zero-order chi connectivity index (χ0) is 13.9. The van der Waals surface area contributed by atoms with Crippen LogP contribution in [0.5, 0.6) is 0 Å². The molecule has 1 saturated heterocycles. The van der Waals surface area contributed by atoms with Crippen molar-refractivity contribution < 1.29 is 9.53 Å². The fourth-order valence-electron chi connectivity index (χ4n) is 2.11. The largest absolute Gasteiger partial charge is 0.381 e. The zero-order valence-corrected chi connectivity index (χ0v) is 12.0. The average molecular weight is 292 g/mol. The Labute approximate surface area is 120 Å². The van der Waals surface area contributed by atoms with Gasteiger partial charge in [-0.15, -0.1) is 11.3 Å². The number of thiazole rings is 1. The molecule has 6 nitrogen and oxygen atoms in total. The van der Waals surface area contributed by atoms with Crippen LogP contribution >= 0.6 is 11.3 Å². The molecular formula is C13H16N4O2S. The Morgan fingerprint density at radius 2 is 2.55 bits per heavy atom. The van der Waals surface area contributed by atoms with Crippen LogP contribution in [0.4, 0.5) is 0 Å². The molecule has 3 heterocycles. The van der Waals surface area contributed by atoms with E-state index in [0.29, 0.717) is 18.2 Å². The van der Waals surface area contributed by atoms with Crippen LogP contribution in [0.25, 0.3) is 10.6 Å². The van der Waals surface area contributed by atoms with Gasteiger partial charge in [0, 0.05) is 43.3 Å². The molecule has 0 spiro atoms. The lowest BCUT2D eigenvalue weighted by atomic mass is 10.1. The number of carbonyl (C=O) groups is 1. The van der Waals surface area contributed by atoms with Crippen LogP contribution in [-0.2, 0) is 11.8 Å².